The zero-order valence-electron chi connectivity index (χ0n) is 17.7. The van der Waals surface area contributed by atoms with Crippen molar-refractivity contribution in [2.75, 3.05) is 6.54 Å². The largest absolute Gasteiger partial charge is 0.338 e. The topological polar surface area (TPSA) is 38.1 Å². The molecule has 4 nitrogen and oxygen atoms in total. The summed E-state index contributed by atoms with van der Waals surface area (Å²) in [7, 11) is 0. The maximum Gasteiger partial charge on any atom is 0.223 e. The Bertz CT molecular complexity index is 1260. The number of likely N-dealkylation sites (tertiary alicyclic amines) is 1. The fourth-order valence-electron chi connectivity index (χ4n) is 4.36. The molecule has 0 N–H and O–H groups in total. The number of carbonyl (C=O) groups excluding carboxylic acids is 1. The van der Waals surface area contributed by atoms with Crippen molar-refractivity contribution >= 4 is 23.0 Å². The molecule has 1 aliphatic rings. The molecule has 0 spiro atoms. The number of rotatable bonds is 6. The molecule has 0 radical (unpaired) electrons. The number of imidazole rings is 1. The Balaban J connectivity index is 1.39. The lowest BCUT2D eigenvalue weighted by Gasteiger charge is -2.17. The molecule has 32 heavy (non-hydrogen) atoms. The van der Waals surface area contributed by atoms with Crippen LogP contribution in [0.4, 0.5) is 4.39 Å². The van der Waals surface area contributed by atoms with Gasteiger partial charge < -0.3 is 9.47 Å². The molecule has 1 unspecified atom stereocenters. The lowest BCUT2D eigenvalue weighted by atomic mass is 10.1. The number of benzene rings is 3. The smallest absolute Gasteiger partial charge is 0.223 e. The molecule has 1 atom stereocenters. The number of para-hydroxylation sites is 2. The number of allylic oxidation sites excluding steroid dienone is 1. The van der Waals surface area contributed by atoms with Crippen molar-refractivity contribution in [1.29, 1.82) is 0 Å². The van der Waals surface area contributed by atoms with Crippen molar-refractivity contribution in [1.82, 2.24) is 14.5 Å². The van der Waals surface area contributed by atoms with Crippen LogP contribution in [0.3, 0.4) is 0 Å². The third-order valence-electron chi connectivity index (χ3n) is 5.95. The molecule has 1 fully saturated rings. The molecule has 2 heterocycles. The van der Waals surface area contributed by atoms with Crippen molar-refractivity contribution in [2.45, 2.75) is 25.4 Å². The Labute approximate surface area is 186 Å². The number of halogens is 1. The van der Waals surface area contributed by atoms with Crippen LogP contribution in [0.25, 0.3) is 17.1 Å². The number of aromatic nitrogens is 2. The van der Waals surface area contributed by atoms with Gasteiger partial charge >= 0.3 is 0 Å². The van der Waals surface area contributed by atoms with E-state index >= 15 is 0 Å². The van der Waals surface area contributed by atoms with Gasteiger partial charge in [0, 0.05) is 32.0 Å². The SMILES string of the molecule is O=C1CC(c2nc3ccccc3n2C/C=C/c2ccccc2)CN1Cc1ccc(F)cc1. The van der Waals surface area contributed by atoms with Crippen molar-refractivity contribution < 1.29 is 9.18 Å². The van der Waals surface area contributed by atoms with E-state index in [0.717, 1.165) is 28.0 Å². The molecule has 1 saturated heterocycles. The van der Waals surface area contributed by atoms with Gasteiger partial charge in [0.1, 0.15) is 11.6 Å². The van der Waals surface area contributed by atoms with E-state index < -0.39 is 0 Å². The minimum Gasteiger partial charge on any atom is -0.338 e. The molecular formula is C27H24FN3O. The number of nitrogens with zero attached hydrogens (tertiary/aromatic N) is 3. The first-order valence-electron chi connectivity index (χ1n) is 10.9. The van der Waals surface area contributed by atoms with E-state index in [-0.39, 0.29) is 17.6 Å². The predicted molar refractivity (Wildman–Crippen MR) is 124 cm³/mol. The standard InChI is InChI=1S/C27H24FN3O/c28-23-14-12-21(13-15-23)18-30-19-22(17-26(30)32)27-29-24-10-4-5-11-25(24)31(27)16-6-9-20-7-2-1-3-8-20/h1-15,22H,16-19H2/b9-6+. The van der Waals surface area contributed by atoms with Gasteiger partial charge in [-0.1, -0.05) is 66.7 Å². The number of hydrogen-bond acceptors (Lipinski definition) is 2. The Morgan fingerprint density at radius 3 is 2.53 bits per heavy atom. The third-order valence-corrected chi connectivity index (χ3v) is 5.95. The van der Waals surface area contributed by atoms with Crippen LogP contribution in [0.1, 0.15) is 29.3 Å². The van der Waals surface area contributed by atoms with E-state index in [4.69, 9.17) is 4.98 Å². The molecule has 0 aliphatic carbocycles. The molecule has 3 aromatic carbocycles. The molecule has 4 aromatic rings. The van der Waals surface area contributed by atoms with Gasteiger partial charge in [-0.2, -0.15) is 0 Å². The molecule has 1 amide bonds. The average Bonchev–Trinajstić information content (AvgIpc) is 3.36. The second-order valence-electron chi connectivity index (χ2n) is 8.18. The molecule has 1 aromatic heterocycles. The summed E-state index contributed by atoms with van der Waals surface area (Å²) in [4.78, 5) is 19.5. The average molecular weight is 426 g/mol. The van der Waals surface area contributed by atoms with Crippen LogP contribution in [0.15, 0.2) is 84.9 Å². The van der Waals surface area contributed by atoms with Crippen molar-refractivity contribution in [3.8, 4) is 0 Å². The van der Waals surface area contributed by atoms with E-state index in [1.165, 1.54) is 12.1 Å². The van der Waals surface area contributed by atoms with Gasteiger partial charge in [-0.3, -0.25) is 4.79 Å². The van der Waals surface area contributed by atoms with Crippen LogP contribution < -0.4 is 0 Å². The van der Waals surface area contributed by atoms with E-state index in [1.54, 1.807) is 12.1 Å². The maximum atomic E-state index is 13.2. The summed E-state index contributed by atoms with van der Waals surface area (Å²) in [5.41, 5.74) is 4.10. The summed E-state index contributed by atoms with van der Waals surface area (Å²) in [6, 6.07) is 24.7. The highest BCUT2D eigenvalue weighted by atomic mass is 19.1. The van der Waals surface area contributed by atoms with Crippen molar-refractivity contribution in [2.24, 2.45) is 0 Å². The molecule has 5 rings (SSSR count). The van der Waals surface area contributed by atoms with Gasteiger partial charge in [0.25, 0.3) is 0 Å². The fraction of sp³-hybridized carbons (Fsp3) is 0.185. The number of carbonyl (C=O) groups is 1. The second kappa shape index (κ2) is 8.79. The number of fused-ring (bicyclic) bond motifs is 1. The normalized spacial score (nSPS) is 16.5. The summed E-state index contributed by atoms with van der Waals surface area (Å²) in [6.07, 6.45) is 4.69. The Morgan fingerprint density at radius 1 is 0.969 bits per heavy atom. The zero-order chi connectivity index (χ0) is 21.9. The van der Waals surface area contributed by atoms with Gasteiger partial charge in [0.2, 0.25) is 5.91 Å². The highest BCUT2D eigenvalue weighted by molar-refractivity contribution is 5.81. The maximum absolute atomic E-state index is 13.2. The zero-order valence-corrected chi connectivity index (χ0v) is 17.7. The number of hydrogen-bond donors (Lipinski definition) is 0. The van der Waals surface area contributed by atoms with Gasteiger partial charge in [-0.05, 0) is 35.4 Å². The van der Waals surface area contributed by atoms with E-state index in [9.17, 15) is 9.18 Å². The predicted octanol–water partition coefficient (Wildman–Crippen LogP) is 5.40. The van der Waals surface area contributed by atoms with Crippen LogP contribution in [0.2, 0.25) is 0 Å². The summed E-state index contributed by atoms with van der Waals surface area (Å²) in [5, 5.41) is 0. The summed E-state index contributed by atoms with van der Waals surface area (Å²) >= 11 is 0. The lowest BCUT2D eigenvalue weighted by molar-refractivity contribution is -0.128. The minimum atomic E-state index is -0.267. The van der Waals surface area contributed by atoms with Crippen LogP contribution in [-0.4, -0.2) is 26.9 Å². The molecule has 160 valence electrons. The highest BCUT2D eigenvalue weighted by Gasteiger charge is 2.33. The van der Waals surface area contributed by atoms with Crippen LogP contribution in [0, 0.1) is 5.82 Å². The monoisotopic (exact) mass is 425 g/mol. The minimum absolute atomic E-state index is 0.0282. The second-order valence-corrected chi connectivity index (χ2v) is 8.18. The first-order chi connectivity index (χ1) is 15.7. The first-order valence-corrected chi connectivity index (χ1v) is 10.9. The van der Waals surface area contributed by atoms with Crippen LogP contribution in [0.5, 0.6) is 0 Å². The van der Waals surface area contributed by atoms with Gasteiger partial charge in [0.05, 0.1) is 11.0 Å². The Morgan fingerprint density at radius 2 is 1.72 bits per heavy atom. The van der Waals surface area contributed by atoms with Crippen LogP contribution in [-0.2, 0) is 17.9 Å². The molecule has 0 saturated carbocycles. The first kappa shape index (κ1) is 20.2. The molecule has 0 bridgehead atoms. The van der Waals surface area contributed by atoms with Crippen molar-refractivity contribution in [3.63, 3.8) is 0 Å². The van der Waals surface area contributed by atoms with Gasteiger partial charge in [-0.25, -0.2) is 9.37 Å². The van der Waals surface area contributed by atoms with Crippen LogP contribution >= 0.6 is 0 Å². The Kier molecular flexibility index (Phi) is 5.55. The van der Waals surface area contributed by atoms with E-state index in [1.807, 2.05) is 41.3 Å². The highest BCUT2D eigenvalue weighted by Crippen LogP contribution is 2.31. The molecule has 5 heteroatoms. The van der Waals surface area contributed by atoms with Gasteiger partial charge in [-0.15, -0.1) is 0 Å². The summed E-state index contributed by atoms with van der Waals surface area (Å²) in [6.45, 7) is 1.79. The van der Waals surface area contributed by atoms with Crippen molar-refractivity contribution in [3.05, 3.63) is 108 Å². The van der Waals surface area contributed by atoms with Gasteiger partial charge in [0.15, 0.2) is 0 Å². The van der Waals surface area contributed by atoms with E-state index in [2.05, 4.69) is 34.9 Å². The molecule has 1 aliphatic heterocycles. The fourth-order valence-corrected chi connectivity index (χ4v) is 4.36. The summed E-state index contributed by atoms with van der Waals surface area (Å²) < 4.78 is 15.4. The quantitative estimate of drug-likeness (QED) is 0.415. The Hall–Kier alpha value is -3.73. The van der Waals surface area contributed by atoms with E-state index in [0.29, 0.717) is 26.1 Å². The molecular weight excluding hydrogens is 401 g/mol. The lowest BCUT2D eigenvalue weighted by Crippen LogP contribution is -2.24. The summed E-state index contributed by atoms with van der Waals surface area (Å²) in [5.74, 6) is 0.814. The number of amides is 1. The third kappa shape index (κ3) is 4.19.